The first kappa shape index (κ1) is 19.7. The van der Waals surface area contributed by atoms with Crippen molar-refractivity contribution in [3.8, 4) is 5.75 Å². The molecule has 0 saturated heterocycles. The van der Waals surface area contributed by atoms with Crippen molar-refractivity contribution in [1.82, 2.24) is 5.32 Å². The molecule has 0 atom stereocenters. The van der Waals surface area contributed by atoms with E-state index < -0.39 is 10.0 Å². The van der Waals surface area contributed by atoms with E-state index in [0.717, 1.165) is 12.7 Å². The number of unbranched alkanes of at least 4 members (excludes halogenated alkanes) is 1. The minimum absolute atomic E-state index is 0.276. The maximum Gasteiger partial charge on any atom is 0.251 e. The lowest BCUT2D eigenvalue weighted by Crippen LogP contribution is -2.24. The van der Waals surface area contributed by atoms with Crippen LogP contribution in [0, 0.1) is 5.82 Å². The average molecular weight is 380 g/mol. The number of amides is 1. The minimum Gasteiger partial charge on any atom is -0.494 e. The molecule has 0 aromatic heterocycles. The van der Waals surface area contributed by atoms with E-state index in [-0.39, 0.29) is 11.7 Å². The zero-order chi connectivity index (χ0) is 19.0. The van der Waals surface area contributed by atoms with Gasteiger partial charge in [-0.05, 0) is 55.3 Å². The number of halogens is 1. The third-order valence-electron chi connectivity index (χ3n) is 3.37. The lowest BCUT2D eigenvalue weighted by molar-refractivity contribution is 0.0952. The van der Waals surface area contributed by atoms with Gasteiger partial charge >= 0.3 is 0 Å². The van der Waals surface area contributed by atoms with Crippen LogP contribution in [0.3, 0.4) is 0 Å². The molecule has 0 aliphatic carbocycles. The van der Waals surface area contributed by atoms with Crippen molar-refractivity contribution >= 4 is 21.6 Å². The van der Waals surface area contributed by atoms with Gasteiger partial charge in [0.2, 0.25) is 10.0 Å². The molecule has 0 heterocycles. The lowest BCUT2D eigenvalue weighted by atomic mass is 10.2. The lowest BCUT2D eigenvalue weighted by Gasteiger charge is -2.09. The van der Waals surface area contributed by atoms with Crippen molar-refractivity contribution in [2.45, 2.75) is 12.8 Å². The molecule has 0 unspecified atom stereocenters. The number of hydrogen-bond donors (Lipinski definition) is 2. The Kier molecular flexibility index (Phi) is 6.97. The van der Waals surface area contributed by atoms with Gasteiger partial charge in [-0.2, -0.15) is 0 Å². The van der Waals surface area contributed by atoms with Gasteiger partial charge in [0, 0.05) is 17.8 Å². The summed E-state index contributed by atoms with van der Waals surface area (Å²) in [6.07, 6.45) is 2.50. The van der Waals surface area contributed by atoms with Crippen molar-refractivity contribution in [1.29, 1.82) is 0 Å². The van der Waals surface area contributed by atoms with E-state index in [9.17, 15) is 17.6 Å². The number of anilines is 1. The van der Waals surface area contributed by atoms with E-state index in [1.54, 1.807) is 30.3 Å². The molecule has 0 saturated carbocycles. The summed E-state index contributed by atoms with van der Waals surface area (Å²) in [5.74, 6) is 0.0168. The molecule has 2 aromatic carbocycles. The Bertz CT molecular complexity index is 839. The van der Waals surface area contributed by atoms with Crippen molar-refractivity contribution < 1.29 is 22.3 Å². The van der Waals surface area contributed by atoms with Crippen molar-refractivity contribution in [2.24, 2.45) is 0 Å². The maximum atomic E-state index is 12.8. The van der Waals surface area contributed by atoms with E-state index in [1.165, 1.54) is 18.2 Å². The molecule has 140 valence electrons. The predicted molar refractivity (Wildman–Crippen MR) is 98.4 cm³/mol. The molecule has 1 amide bonds. The highest BCUT2D eigenvalue weighted by Crippen LogP contribution is 2.13. The van der Waals surface area contributed by atoms with Gasteiger partial charge in [-0.15, -0.1) is 0 Å². The number of benzene rings is 2. The number of hydrogen-bond acceptors (Lipinski definition) is 4. The molecule has 0 bridgehead atoms. The highest BCUT2D eigenvalue weighted by molar-refractivity contribution is 7.92. The molecule has 2 N–H and O–H groups in total. The molecule has 2 rings (SSSR count). The first-order chi connectivity index (χ1) is 12.3. The second-order valence-corrected chi connectivity index (χ2v) is 7.47. The molecule has 6 nitrogen and oxygen atoms in total. The van der Waals surface area contributed by atoms with E-state index in [4.69, 9.17) is 4.74 Å². The quantitative estimate of drug-likeness (QED) is 0.655. The topological polar surface area (TPSA) is 84.5 Å². The number of nitrogens with one attached hydrogen (secondary N) is 2. The zero-order valence-electron chi connectivity index (χ0n) is 14.4. The van der Waals surface area contributed by atoms with Crippen LogP contribution in [0.5, 0.6) is 5.75 Å². The van der Waals surface area contributed by atoms with Crippen LogP contribution >= 0.6 is 0 Å². The monoisotopic (exact) mass is 380 g/mol. The fourth-order valence-corrected chi connectivity index (χ4v) is 2.75. The van der Waals surface area contributed by atoms with Crippen LogP contribution in [0.25, 0.3) is 0 Å². The Balaban J connectivity index is 1.70. The molecule has 0 fully saturated rings. The Morgan fingerprint density at radius 1 is 1.12 bits per heavy atom. The van der Waals surface area contributed by atoms with Crippen LogP contribution in [-0.2, 0) is 10.0 Å². The van der Waals surface area contributed by atoms with E-state index in [0.29, 0.717) is 36.6 Å². The Morgan fingerprint density at radius 2 is 1.85 bits per heavy atom. The second-order valence-electron chi connectivity index (χ2n) is 5.72. The van der Waals surface area contributed by atoms with Crippen LogP contribution in [0.4, 0.5) is 10.1 Å². The summed E-state index contributed by atoms with van der Waals surface area (Å²) >= 11 is 0. The number of rotatable bonds is 9. The van der Waals surface area contributed by atoms with Gasteiger partial charge in [0.1, 0.15) is 11.6 Å². The summed E-state index contributed by atoms with van der Waals surface area (Å²) in [5.41, 5.74) is 0.717. The van der Waals surface area contributed by atoms with Crippen LogP contribution in [0.2, 0.25) is 0 Å². The molecule has 8 heteroatoms. The molecular weight excluding hydrogens is 359 g/mol. The summed E-state index contributed by atoms with van der Waals surface area (Å²) in [6, 6.07) is 12.1. The first-order valence-electron chi connectivity index (χ1n) is 8.08. The summed E-state index contributed by atoms with van der Waals surface area (Å²) in [7, 11) is -3.39. The highest BCUT2D eigenvalue weighted by atomic mass is 32.2. The molecule has 0 aliphatic heterocycles. The summed E-state index contributed by atoms with van der Waals surface area (Å²) in [4.78, 5) is 12.1. The van der Waals surface area contributed by atoms with Crippen LogP contribution in [0.15, 0.2) is 48.5 Å². The second kappa shape index (κ2) is 9.19. The van der Waals surface area contributed by atoms with Gasteiger partial charge < -0.3 is 10.1 Å². The van der Waals surface area contributed by atoms with Crippen molar-refractivity contribution in [2.75, 3.05) is 24.1 Å². The fourth-order valence-electron chi connectivity index (χ4n) is 2.19. The number of sulfonamides is 1. The summed E-state index contributed by atoms with van der Waals surface area (Å²) in [5, 5.41) is 2.77. The molecule has 0 radical (unpaired) electrons. The Morgan fingerprint density at radius 3 is 2.54 bits per heavy atom. The SMILES string of the molecule is CS(=O)(=O)Nc1cccc(C(=O)NCCCCOc2ccc(F)cc2)c1. The molecule has 26 heavy (non-hydrogen) atoms. The van der Waals surface area contributed by atoms with Crippen LogP contribution in [-0.4, -0.2) is 33.7 Å². The standard InChI is InChI=1S/C18H21FN2O4S/c1-26(23,24)21-16-6-4-5-14(13-16)18(22)20-11-2-3-12-25-17-9-7-15(19)8-10-17/h4-10,13,21H,2-3,11-12H2,1H3,(H,20,22). The van der Waals surface area contributed by atoms with Gasteiger partial charge in [-0.3, -0.25) is 9.52 Å². The van der Waals surface area contributed by atoms with Gasteiger partial charge in [-0.25, -0.2) is 12.8 Å². The van der Waals surface area contributed by atoms with Crippen LogP contribution in [0.1, 0.15) is 23.2 Å². The van der Waals surface area contributed by atoms with Gasteiger partial charge in [0.05, 0.1) is 12.9 Å². The molecule has 0 spiro atoms. The predicted octanol–water partition coefficient (Wildman–Crippen LogP) is 2.79. The largest absolute Gasteiger partial charge is 0.494 e. The Hall–Kier alpha value is -2.61. The Labute approximate surface area is 152 Å². The normalized spacial score (nSPS) is 11.0. The third-order valence-corrected chi connectivity index (χ3v) is 3.97. The third kappa shape index (κ3) is 7.10. The van der Waals surface area contributed by atoms with Gasteiger partial charge in [-0.1, -0.05) is 6.07 Å². The van der Waals surface area contributed by atoms with E-state index in [1.807, 2.05) is 0 Å². The van der Waals surface area contributed by atoms with Crippen molar-refractivity contribution in [3.63, 3.8) is 0 Å². The van der Waals surface area contributed by atoms with Gasteiger partial charge in [0.25, 0.3) is 5.91 Å². The fraction of sp³-hybridized carbons (Fsp3) is 0.278. The highest BCUT2D eigenvalue weighted by Gasteiger charge is 2.07. The maximum absolute atomic E-state index is 12.8. The van der Waals surface area contributed by atoms with Crippen LogP contribution < -0.4 is 14.8 Å². The van der Waals surface area contributed by atoms with Crippen molar-refractivity contribution in [3.05, 3.63) is 59.9 Å². The number of ether oxygens (including phenoxy) is 1. The van der Waals surface area contributed by atoms with E-state index in [2.05, 4.69) is 10.0 Å². The minimum atomic E-state index is -3.39. The average Bonchev–Trinajstić information content (AvgIpc) is 2.58. The molecular formula is C18H21FN2O4S. The first-order valence-corrected chi connectivity index (χ1v) is 9.97. The van der Waals surface area contributed by atoms with Gasteiger partial charge in [0.15, 0.2) is 0 Å². The smallest absolute Gasteiger partial charge is 0.251 e. The zero-order valence-corrected chi connectivity index (χ0v) is 15.2. The molecule has 2 aromatic rings. The number of carbonyl (C=O) groups excluding carboxylic acids is 1. The summed E-state index contributed by atoms with van der Waals surface area (Å²) in [6.45, 7) is 0.935. The summed E-state index contributed by atoms with van der Waals surface area (Å²) < 4.78 is 43.0. The number of carbonyl (C=O) groups is 1. The molecule has 0 aliphatic rings. The van der Waals surface area contributed by atoms with E-state index >= 15 is 0 Å².